The topological polar surface area (TPSA) is 49.3 Å². The number of phenols is 1. The molecule has 1 amide bonds. The molecule has 0 saturated carbocycles. The smallest absolute Gasteiger partial charge is 0.256 e. The van der Waals surface area contributed by atoms with E-state index in [0.717, 1.165) is 9.64 Å². The number of anilines is 1. The minimum absolute atomic E-state index is 0.301. The molecule has 2 rings (SSSR count). The van der Waals surface area contributed by atoms with Crippen LogP contribution in [0, 0.1) is 9.39 Å². The standard InChI is InChI=1S/C13H9FINO2/c14-10-7-8(5-6-12(10)17)16-13(18)9-3-1-2-4-11(9)15/h1-7,17H,(H,16,18). The van der Waals surface area contributed by atoms with Gasteiger partial charge in [-0.05, 0) is 46.9 Å². The highest BCUT2D eigenvalue weighted by atomic mass is 127. The van der Waals surface area contributed by atoms with Crippen molar-refractivity contribution >= 4 is 34.2 Å². The zero-order valence-corrected chi connectivity index (χ0v) is 11.3. The number of halogens is 2. The number of carbonyl (C=O) groups is 1. The van der Waals surface area contributed by atoms with Gasteiger partial charge >= 0.3 is 0 Å². The van der Waals surface area contributed by atoms with Crippen LogP contribution in [0.5, 0.6) is 5.75 Å². The SMILES string of the molecule is O=C(Nc1ccc(O)c(F)c1)c1ccccc1I. The quantitative estimate of drug-likeness (QED) is 0.640. The summed E-state index contributed by atoms with van der Waals surface area (Å²) in [6.45, 7) is 0. The van der Waals surface area contributed by atoms with Crippen LogP contribution in [0.25, 0.3) is 0 Å². The first-order valence-corrected chi connectivity index (χ1v) is 6.20. The average molecular weight is 357 g/mol. The molecule has 92 valence electrons. The zero-order chi connectivity index (χ0) is 13.1. The lowest BCUT2D eigenvalue weighted by Gasteiger charge is -2.07. The first kappa shape index (κ1) is 12.8. The van der Waals surface area contributed by atoms with Crippen LogP contribution in [-0.4, -0.2) is 11.0 Å². The van der Waals surface area contributed by atoms with Gasteiger partial charge in [-0.25, -0.2) is 4.39 Å². The van der Waals surface area contributed by atoms with Crippen LogP contribution in [0.3, 0.4) is 0 Å². The van der Waals surface area contributed by atoms with Gasteiger partial charge in [-0.2, -0.15) is 0 Å². The Kier molecular flexibility index (Phi) is 3.81. The van der Waals surface area contributed by atoms with Crippen molar-refractivity contribution in [2.75, 3.05) is 5.32 Å². The Morgan fingerprint density at radius 2 is 1.94 bits per heavy atom. The number of amides is 1. The predicted molar refractivity (Wildman–Crippen MR) is 75.2 cm³/mol. The van der Waals surface area contributed by atoms with Gasteiger partial charge in [-0.15, -0.1) is 0 Å². The Hall–Kier alpha value is -1.63. The van der Waals surface area contributed by atoms with Gasteiger partial charge < -0.3 is 10.4 Å². The number of phenolic OH excluding ortho intramolecular Hbond substituents is 1. The molecule has 5 heteroatoms. The van der Waals surface area contributed by atoms with Gasteiger partial charge in [0.1, 0.15) is 0 Å². The monoisotopic (exact) mass is 357 g/mol. The molecule has 2 aromatic carbocycles. The number of carbonyl (C=O) groups excluding carboxylic acids is 1. The zero-order valence-electron chi connectivity index (χ0n) is 9.15. The molecule has 0 aromatic heterocycles. The molecule has 2 aromatic rings. The van der Waals surface area contributed by atoms with Crippen LogP contribution < -0.4 is 5.32 Å². The molecule has 0 unspecified atom stereocenters. The molecule has 0 aliphatic rings. The van der Waals surface area contributed by atoms with Crippen molar-refractivity contribution < 1.29 is 14.3 Å². The normalized spacial score (nSPS) is 10.1. The van der Waals surface area contributed by atoms with Crippen molar-refractivity contribution in [1.82, 2.24) is 0 Å². The van der Waals surface area contributed by atoms with Crippen LogP contribution >= 0.6 is 22.6 Å². The summed E-state index contributed by atoms with van der Waals surface area (Å²) in [5.41, 5.74) is 0.821. The van der Waals surface area contributed by atoms with E-state index in [2.05, 4.69) is 27.9 Å². The predicted octanol–water partition coefficient (Wildman–Crippen LogP) is 3.39. The molecular weight excluding hydrogens is 348 g/mol. The summed E-state index contributed by atoms with van der Waals surface area (Å²) in [6, 6.07) is 10.8. The van der Waals surface area contributed by atoms with Crippen molar-refractivity contribution in [3.8, 4) is 5.75 Å². The second-order valence-electron chi connectivity index (χ2n) is 3.60. The first-order valence-electron chi connectivity index (χ1n) is 5.12. The highest BCUT2D eigenvalue weighted by molar-refractivity contribution is 14.1. The highest BCUT2D eigenvalue weighted by Gasteiger charge is 2.10. The Bertz CT molecular complexity index is 601. The fourth-order valence-electron chi connectivity index (χ4n) is 1.43. The van der Waals surface area contributed by atoms with Gasteiger partial charge in [0, 0.05) is 15.3 Å². The fourth-order valence-corrected chi connectivity index (χ4v) is 2.06. The summed E-state index contributed by atoms with van der Waals surface area (Å²) >= 11 is 2.06. The van der Waals surface area contributed by atoms with Gasteiger partial charge in [-0.1, -0.05) is 12.1 Å². The van der Waals surface area contributed by atoms with E-state index in [1.807, 2.05) is 12.1 Å². The molecule has 0 aliphatic heterocycles. The highest BCUT2D eigenvalue weighted by Crippen LogP contribution is 2.20. The molecular formula is C13H9FINO2. The summed E-state index contributed by atoms with van der Waals surface area (Å²) in [7, 11) is 0. The second kappa shape index (κ2) is 5.34. The summed E-state index contributed by atoms with van der Waals surface area (Å²) < 4.78 is 13.9. The Balaban J connectivity index is 2.22. The lowest BCUT2D eigenvalue weighted by Crippen LogP contribution is -2.13. The fraction of sp³-hybridized carbons (Fsp3) is 0. The maximum atomic E-state index is 13.1. The maximum absolute atomic E-state index is 13.1. The summed E-state index contributed by atoms with van der Waals surface area (Å²) in [5.74, 6) is -1.53. The molecule has 2 N–H and O–H groups in total. The van der Waals surface area contributed by atoms with Crippen molar-refractivity contribution in [2.45, 2.75) is 0 Å². The van der Waals surface area contributed by atoms with Crippen LogP contribution in [-0.2, 0) is 0 Å². The Morgan fingerprint density at radius 3 is 2.61 bits per heavy atom. The lowest BCUT2D eigenvalue weighted by molar-refractivity contribution is 0.102. The van der Waals surface area contributed by atoms with Gasteiger partial charge in [-0.3, -0.25) is 4.79 Å². The third-order valence-corrected chi connectivity index (χ3v) is 3.26. The molecule has 3 nitrogen and oxygen atoms in total. The Morgan fingerprint density at radius 1 is 1.22 bits per heavy atom. The summed E-state index contributed by atoms with van der Waals surface area (Å²) in [6.07, 6.45) is 0. The number of rotatable bonds is 2. The summed E-state index contributed by atoms with van der Waals surface area (Å²) in [4.78, 5) is 11.9. The first-order chi connectivity index (χ1) is 8.58. The van der Waals surface area contributed by atoms with Crippen molar-refractivity contribution in [3.05, 3.63) is 57.4 Å². The Labute approximate surface area is 117 Å². The van der Waals surface area contributed by atoms with E-state index in [-0.39, 0.29) is 5.91 Å². The average Bonchev–Trinajstić information content (AvgIpc) is 2.34. The minimum atomic E-state index is -0.768. The molecule has 0 heterocycles. The molecule has 0 aliphatic carbocycles. The molecule has 18 heavy (non-hydrogen) atoms. The molecule has 0 saturated heterocycles. The number of benzene rings is 2. The van der Waals surface area contributed by atoms with Crippen molar-refractivity contribution in [3.63, 3.8) is 0 Å². The molecule has 0 atom stereocenters. The largest absolute Gasteiger partial charge is 0.505 e. The minimum Gasteiger partial charge on any atom is -0.505 e. The van der Waals surface area contributed by atoms with Crippen LogP contribution in [0.15, 0.2) is 42.5 Å². The van der Waals surface area contributed by atoms with E-state index in [1.165, 1.54) is 12.1 Å². The van der Waals surface area contributed by atoms with Gasteiger partial charge in [0.25, 0.3) is 5.91 Å². The summed E-state index contributed by atoms with van der Waals surface area (Å²) in [5, 5.41) is 11.6. The van der Waals surface area contributed by atoms with Crippen molar-refractivity contribution in [1.29, 1.82) is 0 Å². The van der Waals surface area contributed by atoms with E-state index >= 15 is 0 Å². The molecule has 0 bridgehead atoms. The third-order valence-electron chi connectivity index (χ3n) is 2.32. The number of nitrogens with one attached hydrogen (secondary N) is 1. The molecule has 0 spiro atoms. The van der Waals surface area contributed by atoms with Crippen molar-refractivity contribution in [2.24, 2.45) is 0 Å². The molecule has 0 radical (unpaired) electrons. The van der Waals surface area contributed by atoms with Crippen LogP contribution in [0.2, 0.25) is 0 Å². The second-order valence-corrected chi connectivity index (χ2v) is 4.76. The third kappa shape index (κ3) is 2.79. The van der Waals surface area contributed by atoms with E-state index in [4.69, 9.17) is 5.11 Å². The van der Waals surface area contributed by atoms with E-state index in [0.29, 0.717) is 11.3 Å². The van der Waals surface area contributed by atoms with Gasteiger partial charge in [0.15, 0.2) is 11.6 Å². The van der Waals surface area contributed by atoms with Gasteiger partial charge in [0.05, 0.1) is 5.56 Å². The van der Waals surface area contributed by atoms with E-state index in [1.54, 1.807) is 12.1 Å². The van der Waals surface area contributed by atoms with Gasteiger partial charge in [0.2, 0.25) is 0 Å². The van der Waals surface area contributed by atoms with Crippen LogP contribution in [0.4, 0.5) is 10.1 Å². The number of hydrogen-bond donors (Lipinski definition) is 2. The number of hydrogen-bond acceptors (Lipinski definition) is 2. The van der Waals surface area contributed by atoms with Crippen LogP contribution in [0.1, 0.15) is 10.4 Å². The van der Waals surface area contributed by atoms with E-state index in [9.17, 15) is 9.18 Å². The number of aromatic hydroxyl groups is 1. The molecule has 0 fully saturated rings. The van der Waals surface area contributed by atoms with E-state index < -0.39 is 11.6 Å². The maximum Gasteiger partial charge on any atom is 0.256 e. The lowest BCUT2D eigenvalue weighted by atomic mass is 10.2.